The third-order valence-corrected chi connectivity index (χ3v) is 5.03. The van der Waals surface area contributed by atoms with Crippen molar-refractivity contribution < 1.29 is 14.0 Å². The molecule has 1 aliphatic heterocycles. The number of carbonyl (C=O) groups excluding carboxylic acids is 2. The maximum Gasteiger partial charge on any atom is 0.267 e. The van der Waals surface area contributed by atoms with Crippen LogP contribution < -0.4 is 11.1 Å². The van der Waals surface area contributed by atoms with Gasteiger partial charge in [0.05, 0.1) is 12.3 Å². The van der Waals surface area contributed by atoms with E-state index in [1.165, 1.54) is 35.0 Å². The molecule has 3 aromatic heterocycles. The predicted octanol–water partition coefficient (Wildman–Crippen LogP) is 1.35. The van der Waals surface area contributed by atoms with E-state index in [9.17, 15) is 14.0 Å². The predicted molar refractivity (Wildman–Crippen MR) is 108 cm³/mol. The van der Waals surface area contributed by atoms with Gasteiger partial charge in [-0.1, -0.05) is 0 Å². The average molecular weight is 422 g/mol. The molecule has 1 saturated heterocycles. The minimum absolute atomic E-state index is 0.00734. The summed E-state index contributed by atoms with van der Waals surface area (Å²) in [4.78, 5) is 38.4. The lowest BCUT2D eigenvalue weighted by molar-refractivity contribution is -0.131. The molecule has 3 aromatic rings. The van der Waals surface area contributed by atoms with Crippen LogP contribution in [0.5, 0.6) is 0 Å². The Bertz CT molecular complexity index is 1200. The Hall–Kier alpha value is -4.07. The second kappa shape index (κ2) is 8.35. The molecule has 4 rings (SSSR count). The molecule has 11 heteroatoms. The first-order chi connectivity index (χ1) is 14.9. The molecule has 0 aromatic carbocycles. The summed E-state index contributed by atoms with van der Waals surface area (Å²) in [7, 11) is 0. The Kier molecular flexibility index (Phi) is 5.44. The lowest BCUT2D eigenvalue weighted by atomic mass is 10.1. The van der Waals surface area contributed by atoms with Crippen molar-refractivity contribution in [2.75, 3.05) is 18.4 Å². The first-order valence-corrected chi connectivity index (χ1v) is 9.67. The molecule has 0 spiro atoms. The molecule has 10 nitrogen and oxygen atoms in total. The second-order valence-electron chi connectivity index (χ2n) is 7.20. The summed E-state index contributed by atoms with van der Waals surface area (Å²) in [5.41, 5.74) is 6.34. The summed E-state index contributed by atoms with van der Waals surface area (Å²) in [5.74, 6) is -0.903. The number of hydrogen-bond acceptors (Lipinski definition) is 7. The van der Waals surface area contributed by atoms with Gasteiger partial charge in [0, 0.05) is 31.4 Å². The van der Waals surface area contributed by atoms with Crippen LogP contribution in [0, 0.1) is 17.1 Å². The Morgan fingerprint density at radius 1 is 1.35 bits per heavy atom. The van der Waals surface area contributed by atoms with Crippen LogP contribution in [0.1, 0.15) is 29.8 Å². The molecular weight excluding hydrogens is 403 g/mol. The number of nitrogens with two attached hydrogens (primary N) is 1. The van der Waals surface area contributed by atoms with Crippen LogP contribution in [-0.4, -0.2) is 55.2 Å². The quantitative estimate of drug-likeness (QED) is 0.632. The number of likely N-dealkylation sites (tertiary alicyclic amines) is 1. The number of hydrogen-bond donors (Lipinski definition) is 2. The van der Waals surface area contributed by atoms with E-state index in [-0.39, 0.29) is 29.9 Å². The molecule has 3 N–H and O–H groups in total. The molecule has 0 aliphatic carbocycles. The maximum atomic E-state index is 13.7. The monoisotopic (exact) mass is 422 g/mol. The Morgan fingerprint density at radius 3 is 2.97 bits per heavy atom. The number of aromatic nitrogens is 4. The molecule has 2 amide bonds. The maximum absolute atomic E-state index is 13.7. The zero-order valence-corrected chi connectivity index (χ0v) is 16.5. The third kappa shape index (κ3) is 4.28. The highest BCUT2D eigenvalue weighted by atomic mass is 19.1. The fourth-order valence-corrected chi connectivity index (χ4v) is 3.59. The normalized spacial score (nSPS) is 16.1. The summed E-state index contributed by atoms with van der Waals surface area (Å²) in [6.45, 7) is 1.00. The minimum Gasteiger partial charge on any atom is -0.365 e. The van der Waals surface area contributed by atoms with E-state index < -0.39 is 11.7 Å². The zero-order chi connectivity index (χ0) is 22.0. The number of piperidine rings is 1. The van der Waals surface area contributed by atoms with Gasteiger partial charge < -0.3 is 16.0 Å². The largest absolute Gasteiger partial charge is 0.365 e. The Morgan fingerprint density at radius 2 is 2.19 bits per heavy atom. The number of anilines is 1. The second-order valence-corrected chi connectivity index (χ2v) is 7.20. The number of nitrogens with one attached hydrogen (secondary N) is 1. The van der Waals surface area contributed by atoms with Crippen LogP contribution in [0.2, 0.25) is 0 Å². The number of rotatable bonds is 5. The summed E-state index contributed by atoms with van der Waals surface area (Å²) in [5, 5.41) is 12.0. The van der Waals surface area contributed by atoms with Gasteiger partial charge in [0.25, 0.3) is 5.91 Å². The van der Waals surface area contributed by atoms with E-state index in [2.05, 4.69) is 20.3 Å². The van der Waals surface area contributed by atoms with Crippen molar-refractivity contribution in [2.45, 2.75) is 25.3 Å². The van der Waals surface area contributed by atoms with Crippen LogP contribution in [0.15, 0.2) is 30.6 Å². The number of carbonyl (C=O) groups is 2. The molecular formula is C20H19FN8O2. The van der Waals surface area contributed by atoms with Crippen molar-refractivity contribution in [2.24, 2.45) is 5.73 Å². The van der Waals surface area contributed by atoms with E-state index in [0.29, 0.717) is 30.2 Å². The number of primary amides is 1. The van der Waals surface area contributed by atoms with Gasteiger partial charge >= 0.3 is 0 Å². The van der Waals surface area contributed by atoms with Gasteiger partial charge in [-0.25, -0.2) is 19.3 Å². The van der Waals surface area contributed by atoms with E-state index in [1.807, 2.05) is 6.07 Å². The lowest BCUT2D eigenvalue weighted by Crippen LogP contribution is -2.45. The summed E-state index contributed by atoms with van der Waals surface area (Å²) < 4.78 is 15.2. The molecule has 4 heterocycles. The van der Waals surface area contributed by atoms with Gasteiger partial charge in [-0.15, -0.1) is 0 Å². The van der Waals surface area contributed by atoms with Crippen molar-refractivity contribution in [1.82, 2.24) is 24.3 Å². The Labute approximate surface area is 176 Å². The van der Waals surface area contributed by atoms with E-state index in [0.717, 1.165) is 12.8 Å². The first kappa shape index (κ1) is 20.2. The van der Waals surface area contributed by atoms with Gasteiger partial charge in [-0.05, 0) is 25.0 Å². The lowest BCUT2D eigenvalue weighted by Gasteiger charge is -2.33. The number of halogens is 1. The van der Waals surface area contributed by atoms with Gasteiger partial charge in [0.1, 0.15) is 35.1 Å². The molecule has 1 atom stereocenters. The fraction of sp³-hybridized carbons (Fsp3) is 0.300. The number of fused-ring (bicyclic) bond motifs is 1. The highest BCUT2D eigenvalue weighted by Crippen LogP contribution is 2.22. The molecule has 1 aliphatic rings. The van der Waals surface area contributed by atoms with Crippen molar-refractivity contribution in [3.63, 3.8) is 0 Å². The van der Waals surface area contributed by atoms with Crippen molar-refractivity contribution in [1.29, 1.82) is 5.26 Å². The number of nitrogens with zero attached hydrogens (tertiary/aromatic N) is 6. The van der Waals surface area contributed by atoms with Gasteiger partial charge in [-0.3, -0.25) is 14.0 Å². The molecule has 31 heavy (non-hydrogen) atoms. The van der Waals surface area contributed by atoms with Gasteiger partial charge in [0.15, 0.2) is 5.82 Å². The van der Waals surface area contributed by atoms with Crippen molar-refractivity contribution in [3.05, 3.63) is 42.1 Å². The minimum atomic E-state index is -0.735. The van der Waals surface area contributed by atoms with Crippen LogP contribution in [0.3, 0.4) is 0 Å². The molecule has 0 saturated carbocycles. The van der Waals surface area contributed by atoms with Crippen LogP contribution >= 0.6 is 0 Å². The van der Waals surface area contributed by atoms with E-state index in [1.54, 1.807) is 4.90 Å². The topological polar surface area (TPSA) is 142 Å². The molecule has 1 fully saturated rings. The molecule has 158 valence electrons. The zero-order valence-electron chi connectivity index (χ0n) is 16.5. The smallest absolute Gasteiger partial charge is 0.267 e. The van der Waals surface area contributed by atoms with Gasteiger partial charge in [0.2, 0.25) is 5.91 Å². The fourth-order valence-electron chi connectivity index (χ4n) is 3.59. The average Bonchev–Trinajstić information content (AvgIpc) is 3.17. The number of amides is 2. The van der Waals surface area contributed by atoms with Gasteiger partial charge in [-0.2, -0.15) is 5.26 Å². The van der Waals surface area contributed by atoms with Crippen molar-refractivity contribution >= 4 is 23.3 Å². The SMILES string of the molecule is N#CCC(=O)N1CCC[C@@H](Nc2cc(C(N)=O)nc(-c3cnc4ccc(F)cn34)n2)C1. The van der Waals surface area contributed by atoms with Crippen molar-refractivity contribution in [3.8, 4) is 17.6 Å². The highest BCUT2D eigenvalue weighted by Gasteiger charge is 2.24. The summed E-state index contributed by atoms with van der Waals surface area (Å²) >= 11 is 0. The number of imidazole rings is 1. The Balaban J connectivity index is 1.65. The van der Waals surface area contributed by atoms with Crippen LogP contribution in [0.25, 0.3) is 17.2 Å². The molecule has 0 bridgehead atoms. The number of pyridine rings is 1. The van der Waals surface area contributed by atoms with E-state index in [4.69, 9.17) is 11.0 Å². The van der Waals surface area contributed by atoms with E-state index >= 15 is 0 Å². The first-order valence-electron chi connectivity index (χ1n) is 9.67. The highest BCUT2D eigenvalue weighted by molar-refractivity contribution is 5.92. The standard InChI is InChI=1S/C20H19FN8O2/c21-12-3-4-17-24-9-15(29(17)10-12)20-26-14(19(23)31)8-16(27-20)25-13-2-1-7-28(11-13)18(30)5-6-22/h3-4,8-10,13H,1-2,5,7,11H2,(H2,23,31)(H,25,26,27)/t13-/m1/s1. The number of nitriles is 1. The van der Waals surface area contributed by atoms with Crippen LogP contribution in [-0.2, 0) is 4.79 Å². The molecule has 0 radical (unpaired) electrons. The van der Waals surface area contributed by atoms with Crippen LogP contribution in [0.4, 0.5) is 10.2 Å². The summed E-state index contributed by atoms with van der Waals surface area (Å²) in [6.07, 6.45) is 4.12. The third-order valence-electron chi connectivity index (χ3n) is 5.03. The molecule has 0 unspecified atom stereocenters. The summed E-state index contributed by atoms with van der Waals surface area (Å²) in [6, 6.07) is 6.00.